The van der Waals surface area contributed by atoms with Crippen molar-refractivity contribution in [2.75, 3.05) is 31.4 Å². The van der Waals surface area contributed by atoms with Gasteiger partial charge in [0.1, 0.15) is 0 Å². The molecule has 7 nitrogen and oxygen atoms in total. The molecule has 0 aliphatic heterocycles. The number of ether oxygens (including phenoxy) is 2. The molecule has 1 heterocycles. The topological polar surface area (TPSA) is 81.2 Å². The van der Waals surface area contributed by atoms with Gasteiger partial charge >= 0.3 is 0 Å². The van der Waals surface area contributed by atoms with Gasteiger partial charge in [0.25, 0.3) is 0 Å². The van der Waals surface area contributed by atoms with Crippen molar-refractivity contribution in [3.05, 3.63) is 30.0 Å². The van der Waals surface area contributed by atoms with Crippen molar-refractivity contribution in [3.63, 3.8) is 0 Å². The van der Waals surface area contributed by atoms with Gasteiger partial charge in [-0.15, -0.1) is 5.10 Å². The number of methoxy groups -OCH3 is 2. The lowest BCUT2D eigenvalue weighted by atomic mass is 10.2. The van der Waals surface area contributed by atoms with Crippen LogP contribution in [0.1, 0.15) is 31.7 Å². The molecule has 0 amide bonds. The van der Waals surface area contributed by atoms with Crippen LogP contribution >= 0.6 is 0 Å². The number of benzene rings is 1. The summed E-state index contributed by atoms with van der Waals surface area (Å²) in [5.41, 5.74) is 1.06. The summed E-state index contributed by atoms with van der Waals surface area (Å²) in [6.07, 6.45) is 5.09. The van der Waals surface area contributed by atoms with E-state index in [1.54, 1.807) is 20.4 Å². The normalized spacial score (nSPS) is 10.3. The molecule has 0 atom stereocenters. The zero-order valence-corrected chi connectivity index (χ0v) is 14.5. The first kappa shape index (κ1) is 17.8. The molecule has 0 aliphatic rings. The van der Waals surface area contributed by atoms with E-state index in [1.807, 2.05) is 18.2 Å². The lowest BCUT2D eigenvalue weighted by Gasteiger charge is -2.11. The molecule has 0 fully saturated rings. The molecule has 130 valence electrons. The fraction of sp³-hybridized carbons (Fsp3) is 0.471. The van der Waals surface area contributed by atoms with E-state index < -0.39 is 0 Å². The zero-order chi connectivity index (χ0) is 17.2. The first-order chi connectivity index (χ1) is 11.8. The molecule has 2 aromatic rings. The number of aromatic nitrogens is 3. The van der Waals surface area contributed by atoms with Gasteiger partial charge in [-0.1, -0.05) is 25.8 Å². The van der Waals surface area contributed by atoms with Crippen molar-refractivity contribution in [1.82, 2.24) is 15.2 Å². The first-order valence-corrected chi connectivity index (χ1v) is 8.15. The minimum atomic E-state index is 0.545. The molecule has 1 aromatic heterocycles. The van der Waals surface area contributed by atoms with Crippen LogP contribution in [0.15, 0.2) is 24.4 Å². The Kier molecular flexibility index (Phi) is 7.07. The molecule has 0 unspecified atom stereocenters. The number of unbranched alkanes of at least 4 members (excludes halogenated alkanes) is 2. The predicted molar refractivity (Wildman–Crippen MR) is 94.7 cm³/mol. The summed E-state index contributed by atoms with van der Waals surface area (Å²) >= 11 is 0. The van der Waals surface area contributed by atoms with Crippen molar-refractivity contribution in [2.24, 2.45) is 0 Å². The summed E-state index contributed by atoms with van der Waals surface area (Å²) < 4.78 is 10.6. The quantitative estimate of drug-likeness (QED) is 0.647. The van der Waals surface area contributed by atoms with Crippen LogP contribution < -0.4 is 20.1 Å². The van der Waals surface area contributed by atoms with E-state index in [2.05, 4.69) is 32.7 Å². The molecule has 0 bridgehead atoms. The second-order valence-corrected chi connectivity index (χ2v) is 5.34. The summed E-state index contributed by atoms with van der Waals surface area (Å²) in [6, 6.07) is 5.80. The molecular formula is C17H25N5O2. The molecule has 0 aliphatic carbocycles. The van der Waals surface area contributed by atoms with Crippen LogP contribution in [-0.2, 0) is 6.54 Å². The zero-order valence-electron chi connectivity index (χ0n) is 14.5. The lowest BCUT2D eigenvalue weighted by molar-refractivity contribution is 0.354. The number of rotatable bonds is 10. The van der Waals surface area contributed by atoms with Gasteiger partial charge in [0.05, 0.1) is 20.4 Å². The number of nitrogens with zero attached hydrogens (tertiary/aromatic N) is 3. The molecule has 7 heteroatoms. The van der Waals surface area contributed by atoms with Gasteiger partial charge in [-0.05, 0) is 24.1 Å². The molecule has 1 aromatic carbocycles. The first-order valence-electron chi connectivity index (χ1n) is 8.15. The minimum absolute atomic E-state index is 0.545. The van der Waals surface area contributed by atoms with Crippen molar-refractivity contribution in [1.29, 1.82) is 0 Å². The third-order valence-electron chi connectivity index (χ3n) is 3.54. The highest BCUT2D eigenvalue weighted by Crippen LogP contribution is 2.27. The van der Waals surface area contributed by atoms with Crippen LogP contribution in [0, 0.1) is 0 Å². The monoisotopic (exact) mass is 331 g/mol. The number of hydrogen-bond acceptors (Lipinski definition) is 7. The predicted octanol–water partition coefficient (Wildman–Crippen LogP) is 3.10. The Morgan fingerprint density at radius 3 is 2.62 bits per heavy atom. The van der Waals surface area contributed by atoms with Crippen molar-refractivity contribution in [2.45, 2.75) is 32.7 Å². The van der Waals surface area contributed by atoms with Gasteiger partial charge < -0.3 is 20.1 Å². The van der Waals surface area contributed by atoms with Gasteiger partial charge in [-0.3, -0.25) is 0 Å². The van der Waals surface area contributed by atoms with E-state index in [1.165, 1.54) is 12.8 Å². The SMILES string of the molecule is CCCCCNc1nncc(NCc2ccc(OC)c(OC)c2)n1. The van der Waals surface area contributed by atoms with Gasteiger partial charge in [0, 0.05) is 13.1 Å². The second kappa shape index (κ2) is 9.54. The van der Waals surface area contributed by atoms with Crippen LogP contribution in [0.25, 0.3) is 0 Å². The maximum atomic E-state index is 5.31. The summed E-state index contributed by atoms with van der Waals surface area (Å²) in [4.78, 5) is 4.41. The van der Waals surface area contributed by atoms with Crippen molar-refractivity contribution < 1.29 is 9.47 Å². The van der Waals surface area contributed by atoms with Gasteiger partial charge in [0.2, 0.25) is 5.95 Å². The summed E-state index contributed by atoms with van der Waals surface area (Å²) in [7, 11) is 3.25. The third-order valence-corrected chi connectivity index (χ3v) is 3.54. The fourth-order valence-electron chi connectivity index (χ4n) is 2.22. The fourth-order valence-corrected chi connectivity index (χ4v) is 2.22. The van der Waals surface area contributed by atoms with Crippen LogP contribution in [0.5, 0.6) is 11.5 Å². The minimum Gasteiger partial charge on any atom is -0.493 e. The van der Waals surface area contributed by atoms with E-state index in [4.69, 9.17) is 9.47 Å². The van der Waals surface area contributed by atoms with E-state index in [0.717, 1.165) is 18.5 Å². The highest BCUT2D eigenvalue weighted by atomic mass is 16.5. The Morgan fingerprint density at radius 1 is 1.04 bits per heavy atom. The van der Waals surface area contributed by atoms with Gasteiger partial charge in [0.15, 0.2) is 17.3 Å². The Morgan fingerprint density at radius 2 is 1.88 bits per heavy atom. The van der Waals surface area contributed by atoms with Gasteiger partial charge in [-0.2, -0.15) is 10.1 Å². The molecule has 0 saturated heterocycles. The summed E-state index contributed by atoms with van der Waals surface area (Å²) in [5.74, 6) is 2.64. The molecule has 2 rings (SSSR count). The van der Waals surface area contributed by atoms with Crippen molar-refractivity contribution >= 4 is 11.8 Å². The Hall–Kier alpha value is -2.57. The average Bonchev–Trinajstić information content (AvgIpc) is 2.63. The average molecular weight is 331 g/mol. The van der Waals surface area contributed by atoms with E-state index in [9.17, 15) is 0 Å². The van der Waals surface area contributed by atoms with E-state index >= 15 is 0 Å². The Labute approximate surface area is 142 Å². The molecule has 0 saturated carbocycles. The van der Waals surface area contributed by atoms with Gasteiger partial charge in [-0.25, -0.2) is 0 Å². The number of nitrogens with one attached hydrogen (secondary N) is 2. The van der Waals surface area contributed by atoms with E-state index in [0.29, 0.717) is 29.8 Å². The molecular weight excluding hydrogens is 306 g/mol. The van der Waals surface area contributed by atoms with Crippen LogP contribution in [0.4, 0.5) is 11.8 Å². The summed E-state index contributed by atoms with van der Waals surface area (Å²) in [5, 5.41) is 14.4. The van der Waals surface area contributed by atoms with Crippen LogP contribution in [0.2, 0.25) is 0 Å². The third kappa shape index (κ3) is 5.26. The molecule has 0 radical (unpaired) electrons. The largest absolute Gasteiger partial charge is 0.493 e. The number of anilines is 2. The molecule has 2 N–H and O–H groups in total. The Balaban J connectivity index is 1.92. The molecule has 0 spiro atoms. The highest BCUT2D eigenvalue weighted by Gasteiger charge is 2.05. The lowest BCUT2D eigenvalue weighted by Crippen LogP contribution is -2.09. The second-order valence-electron chi connectivity index (χ2n) is 5.34. The molecule has 24 heavy (non-hydrogen) atoms. The maximum absolute atomic E-state index is 5.31. The Bertz CT molecular complexity index is 636. The summed E-state index contributed by atoms with van der Waals surface area (Å²) in [6.45, 7) is 3.64. The number of hydrogen-bond donors (Lipinski definition) is 2. The van der Waals surface area contributed by atoms with E-state index in [-0.39, 0.29) is 0 Å². The van der Waals surface area contributed by atoms with Crippen LogP contribution in [0.3, 0.4) is 0 Å². The van der Waals surface area contributed by atoms with Crippen molar-refractivity contribution in [3.8, 4) is 11.5 Å². The van der Waals surface area contributed by atoms with Crippen LogP contribution in [-0.4, -0.2) is 35.9 Å². The smallest absolute Gasteiger partial charge is 0.244 e. The standard InChI is InChI=1S/C17H25N5O2/c1-4-5-6-9-18-17-21-16(12-20-22-17)19-11-13-7-8-14(23-2)15(10-13)24-3/h7-8,10,12H,4-6,9,11H2,1-3H3,(H2,18,19,21,22). The maximum Gasteiger partial charge on any atom is 0.244 e. The highest BCUT2D eigenvalue weighted by molar-refractivity contribution is 5.44.